The molecule has 0 aliphatic heterocycles. The van der Waals surface area contributed by atoms with E-state index in [2.05, 4.69) is 0 Å². The van der Waals surface area contributed by atoms with E-state index in [0.717, 1.165) is 11.1 Å². The maximum Gasteiger partial charge on any atom is 0.0982 e. The van der Waals surface area contributed by atoms with Gasteiger partial charge in [-0.1, -0.05) is 59.7 Å². The third-order valence-corrected chi connectivity index (χ3v) is 3.22. The number of aliphatic hydroxyl groups excluding tert-OH is 1. The average molecular weight is 241 g/mol. The van der Waals surface area contributed by atoms with Crippen LogP contribution in [0.15, 0.2) is 48.5 Å². The predicted molar refractivity (Wildman–Crippen MR) is 74.2 cm³/mol. The van der Waals surface area contributed by atoms with E-state index in [1.54, 1.807) is 0 Å². The lowest BCUT2D eigenvalue weighted by Crippen LogP contribution is -2.19. The zero-order valence-electron chi connectivity index (χ0n) is 10.8. The van der Waals surface area contributed by atoms with Gasteiger partial charge in [-0.25, -0.2) is 0 Å². The van der Waals surface area contributed by atoms with Crippen LogP contribution >= 0.6 is 0 Å². The quantitative estimate of drug-likeness (QED) is 0.867. The Kier molecular flexibility index (Phi) is 3.80. The lowest BCUT2D eigenvalue weighted by molar-refractivity contribution is 0.147. The van der Waals surface area contributed by atoms with Gasteiger partial charge in [0.25, 0.3) is 0 Å². The summed E-state index contributed by atoms with van der Waals surface area (Å²) in [6, 6.07) is 15.4. The molecule has 0 aromatic heterocycles. The Morgan fingerprint density at radius 3 is 1.61 bits per heavy atom. The summed E-state index contributed by atoms with van der Waals surface area (Å²) in [5.74, 6) is 0. The first kappa shape index (κ1) is 12.8. The summed E-state index contributed by atoms with van der Waals surface area (Å²) in [6.07, 6.45) is -0.673. The zero-order valence-corrected chi connectivity index (χ0v) is 10.8. The van der Waals surface area contributed by atoms with Crippen LogP contribution < -0.4 is 5.73 Å². The van der Waals surface area contributed by atoms with Gasteiger partial charge in [-0.15, -0.1) is 0 Å². The highest BCUT2D eigenvalue weighted by Gasteiger charge is 2.18. The summed E-state index contributed by atoms with van der Waals surface area (Å²) in [5.41, 5.74) is 10.3. The van der Waals surface area contributed by atoms with Gasteiger partial charge in [0, 0.05) is 0 Å². The van der Waals surface area contributed by atoms with Crippen LogP contribution in [0.1, 0.15) is 34.4 Å². The average Bonchev–Trinajstić information content (AvgIpc) is 2.39. The van der Waals surface area contributed by atoms with Crippen molar-refractivity contribution >= 4 is 0 Å². The standard InChI is InChI=1S/C16H19NO/c1-11-3-7-13(8-4-11)15(17)16(18)14-9-5-12(2)6-10-14/h3-10,15-16,18H,17H2,1-2H3/t15-,16-/m0/s1. The third kappa shape index (κ3) is 2.78. The van der Waals surface area contributed by atoms with E-state index in [9.17, 15) is 5.11 Å². The van der Waals surface area contributed by atoms with E-state index < -0.39 is 12.1 Å². The van der Waals surface area contributed by atoms with Crippen molar-refractivity contribution in [2.75, 3.05) is 0 Å². The molecule has 0 amide bonds. The van der Waals surface area contributed by atoms with Crippen LogP contribution in [0.25, 0.3) is 0 Å². The number of hydrogen-bond acceptors (Lipinski definition) is 2. The molecule has 2 aromatic carbocycles. The number of aryl methyl sites for hydroxylation is 2. The van der Waals surface area contributed by atoms with Crippen molar-refractivity contribution in [2.45, 2.75) is 26.0 Å². The first-order valence-electron chi connectivity index (χ1n) is 6.14. The molecule has 18 heavy (non-hydrogen) atoms. The molecular formula is C16H19NO. The van der Waals surface area contributed by atoms with Gasteiger partial charge in [0.05, 0.1) is 12.1 Å². The molecule has 0 saturated carbocycles. The highest BCUT2D eigenvalue weighted by Crippen LogP contribution is 2.26. The van der Waals surface area contributed by atoms with E-state index in [1.165, 1.54) is 11.1 Å². The number of hydrogen-bond donors (Lipinski definition) is 2. The van der Waals surface area contributed by atoms with Crippen LogP contribution in [0.4, 0.5) is 0 Å². The Morgan fingerprint density at radius 1 is 0.778 bits per heavy atom. The van der Waals surface area contributed by atoms with Crippen molar-refractivity contribution in [3.8, 4) is 0 Å². The summed E-state index contributed by atoms with van der Waals surface area (Å²) in [7, 11) is 0. The van der Waals surface area contributed by atoms with Gasteiger partial charge in [0.15, 0.2) is 0 Å². The molecule has 0 spiro atoms. The molecule has 2 heteroatoms. The molecule has 94 valence electrons. The second kappa shape index (κ2) is 5.34. The predicted octanol–water partition coefficient (Wildman–Crippen LogP) is 3.04. The van der Waals surface area contributed by atoms with Crippen molar-refractivity contribution in [1.29, 1.82) is 0 Å². The molecule has 0 aliphatic carbocycles. The minimum atomic E-state index is -0.673. The lowest BCUT2D eigenvalue weighted by atomic mass is 9.95. The summed E-state index contributed by atoms with van der Waals surface area (Å²) < 4.78 is 0. The van der Waals surface area contributed by atoms with Crippen molar-refractivity contribution in [1.82, 2.24) is 0 Å². The summed E-state index contributed by atoms with van der Waals surface area (Å²) in [5, 5.41) is 10.3. The molecule has 0 bridgehead atoms. The minimum absolute atomic E-state index is 0.395. The summed E-state index contributed by atoms with van der Waals surface area (Å²) >= 11 is 0. The van der Waals surface area contributed by atoms with Gasteiger partial charge < -0.3 is 10.8 Å². The lowest BCUT2D eigenvalue weighted by Gasteiger charge is -2.20. The molecular weight excluding hydrogens is 222 g/mol. The Morgan fingerprint density at radius 2 is 1.17 bits per heavy atom. The van der Waals surface area contributed by atoms with Crippen LogP contribution in [-0.2, 0) is 0 Å². The fourth-order valence-electron chi connectivity index (χ4n) is 1.94. The Hall–Kier alpha value is -1.64. The molecule has 0 unspecified atom stereocenters. The van der Waals surface area contributed by atoms with E-state index in [4.69, 9.17) is 5.73 Å². The number of rotatable bonds is 3. The molecule has 2 nitrogen and oxygen atoms in total. The first-order chi connectivity index (χ1) is 8.58. The Labute approximate surface area is 108 Å². The second-order valence-electron chi connectivity index (χ2n) is 4.79. The fourth-order valence-corrected chi connectivity index (χ4v) is 1.94. The van der Waals surface area contributed by atoms with E-state index >= 15 is 0 Å². The number of nitrogens with two attached hydrogens (primary N) is 1. The molecule has 0 saturated heterocycles. The van der Waals surface area contributed by atoms with Crippen LogP contribution in [0.2, 0.25) is 0 Å². The van der Waals surface area contributed by atoms with Gasteiger partial charge in [-0.3, -0.25) is 0 Å². The van der Waals surface area contributed by atoms with Gasteiger partial charge in [-0.05, 0) is 25.0 Å². The monoisotopic (exact) mass is 241 g/mol. The normalized spacial score (nSPS) is 14.2. The molecule has 0 aliphatic rings. The van der Waals surface area contributed by atoms with Gasteiger partial charge in [0.2, 0.25) is 0 Å². The molecule has 0 heterocycles. The fraction of sp³-hybridized carbons (Fsp3) is 0.250. The zero-order chi connectivity index (χ0) is 13.1. The molecule has 3 N–H and O–H groups in total. The Bertz CT molecular complexity index is 452. The molecule has 0 radical (unpaired) electrons. The van der Waals surface area contributed by atoms with E-state index in [-0.39, 0.29) is 0 Å². The van der Waals surface area contributed by atoms with Gasteiger partial charge in [0.1, 0.15) is 0 Å². The minimum Gasteiger partial charge on any atom is -0.386 e. The largest absolute Gasteiger partial charge is 0.386 e. The Balaban J connectivity index is 2.20. The summed E-state index contributed by atoms with van der Waals surface area (Å²) in [6.45, 7) is 4.06. The third-order valence-electron chi connectivity index (χ3n) is 3.22. The molecule has 2 aromatic rings. The van der Waals surface area contributed by atoms with Crippen molar-refractivity contribution in [3.05, 3.63) is 70.8 Å². The van der Waals surface area contributed by atoms with Crippen LogP contribution in [0, 0.1) is 13.8 Å². The molecule has 2 atom stereocenters. The van der Waals surface area contributed by atoms with Crippen LogP contribution in [0.3, 0.4) is 0 Å². The molecule has 0 fully saturated rings. The highest BCUT2D eigenvalue weighted by atomic mass is 16.3. The van der Waals surface area contributed by atoms with Gasteiger partial charge in [-0.2, -0.15) is 0 Å². The number of aliphatic hydroxyl groups is 1. The number of benzene rings is 2. The van der Waals surface area contributed by atoms with Crippen LogP contribution in [-0.4, -0.2) is 5.11 Å². The van der Waals surface area contributed by atoms with Crippen molar-refractivity contribution in [2.24, 2.45) is 5.73 Å². The van der Waals surface area contributed by atoms with E-state index in [0.29, 0.717) is 0 Å². The SMILES string of the molecule is Cc1ccc([C@H](N)[C@@H](O)c2ccc(C)cc2)cc1. The topological polar surface area (TPSA) is 46.2 Å². The van der Waals surface area contributed by atoms with Crippen molar-refractivity contribution in [3.63, 3.8) is 0 Å². The van der Waals surface area contributed by atoms with Crippen molar-refractivity contribution < 1.29 is 5.11 Å². The highest BCUT2D eigenvalue weighted by molar-refractivity contribution is 5.29. The second-order valence-corrected chi connectivity index (χ2v) is 4.79. The summed E-state index contributed by atoms with van der Waals surface area (Å²) in [4.78, 5) is 0. The molecule has 2 rings (SSSR count). The smallest absolute Gasteiger partial charge is 0.0982 e. The van der Waals surface area contributed by atoms with Gasteiger partial charge >= 0.3 is 0 Å². The maximum absolute atomic E-state index is 10.3. The maximum atomic E-state index is 10.3. The van der Waals surface area contributed by atoms with Crippen LogP contribution in [0.5, 0.6) is 0 Å². The van der Waals surface area contributed by atoms with E-state index in [1.807, 2.05) is 62.4 Å². The first-order valence-corrected chi connectivity index (χ1v) is 6.14.